The lowest BCUT2D eigenvalue weighted by Crippen LogP contribution is -2.49. The zero-order chi connectivity index (χ0) is 15.1. The van der Waals surface area contributed by atoms with Crippen LogP contribution in [-0.2, 0) is 9.59 Å². The molecule has 20 heavy (non-hydrogen) atoms. The third kappa shape index (κ3) is 4.53. The van der Waals surface area contributed by atoms with Crippen LogP contribution in [0.3, 0.4) is 0 Å². The summed E-state index contributed by atoms with van der Waals surface area (Å²) in [6, 6.07) is 2.46. The van der Waals surface area contributed by atoms with E-state index in [9.17, 15) is 9.59 Å². The molecule has 3 atom stereocenters. The zero-order valence-corrected chi connectivity index (χ0v) is 11.9. The lowest BCUT2D eigenvalue weighted by molar-refractivity contribution is -0.144. The Labute approximate surface area is 118 Å². The highest BCUT2D eigenvalue weighted by molar-refractivity contribution is 5.86. The van der Waals surface area contributed by atoms with Crippen LogP contribution in [0.1, 0.15) is 27.2 Å². The number of aliphatic carboxylic acids is 1. The second-order valence-corrected chi connectivity index (χ2v) is 4.66. The fourth-order valence-electron chi connectivity index (χ4n) is 1.63. The highest BCUT2D eigenvalue weighted by Gasteiger charge is 2.27. The summed E-state index contributed by atoms with van der Waals surface area (Å²) in [5.74, 6) is -1.18. The Balaban J connectivity index is 2.62. The van der Waals surface area contributed by atoms with Crippen LogP contribution in [0.4, 0.5) is 0 Å². The van der Waals surface area contributed by atoms with Gasteiger partial charge in [0.2, 0.25) is 0 Å². The molecule has 1 heterocycles. The predicted octanol–water partition coefficient (Wildman–Crippen LogP) is 1.46. The Morgan fingerprint density at radius 1 is 1.45 bits per heavy atom. The van der Waals surface area contributed by atoms with Crippen LogP contribution in [0.2, 0.25) is 0 Å². The van der Waals surface area contributed by atoms with Crippen LogP contribution in [0, 0.1) is 5.92 Å². The summed E-state index contributed by atoms with van der Waals surface area (Å²) in [6.45, 7) is 5.23. The number of carbonyl (C=O) groups is 2. The van der Waals surface area contributed by atoms with Crippen molar-refractivity contribution >= 4 is 11.9 Å². The Morgan fingerprint density at radius 3 is 2.65 bits per heavy atom. The van der Waals surface area contributed by atoms with E-state index in [-0.39, 0.29) is 5.92 Å². The fraction of sp³-hybridized carbons (Fsp3) is 0.500. The van der Waals surface area contributed by atoms with Gasteiger partial charge in [0.05, 0.1) is 6.20 Å². The van der Waals surface area contributed by atoms with Crippen molar-refractivity contribution in [2.75, 3.05) is 0 Å². The largest absolute Gasteiger partial charge is 0.480 e. The molecule has 0 spiro atoms. The summed E-state index contributed by atoms with van der Waals surface area (Å²) in [5.41, 5.74) is 0. The molecule has 1 amide bonds. The molecule has 6 nitrogen and oxygen atoms in total. The monoisotopic (exact) mass is 280 g/mol. The molecular formula is C14H20N2O4. The number of pyridine rings is 1. The van der Waals surface area contributed by atoms with Crippen molar-refractivity contribution in [1.29, 1.82) is 0 Å². The topological polar surface area (TPSA) is 88.5 Å². The van der Waals surface area contributed by atoms with Crippen molar-refractivity contribution in [1.82, 2.24) is 10.3 Å². The second kappa shape index (κ2) is 7.47. The third-order valence-electron chi connectivity index (χ3n) is 3.09. The molecule has 1 rings (SSSR count). The number of hydrogen-bond donors (Lipinski definition) is 2. The van der Waals surface area contributed by atoms with E-state index < -0.39 is 24.0 Å². The minimum absolute atomic E-state index is 0.151. The Kier molecular flexibility index (Phi) is 5.96. The number of nitrogens with zero attached hydrogens (tertiary/aromatic N) is 1. The summed E-state index contributed by atoms with van der Waals surface area (Å²) in [6.07, 6.45) is 2.97. The smallest absolute Gasteiger partial charge is 0.326 e. The molecule has 0 saturated heterocycles. The highest BCUT2D eigenvalue weighted by Crippen LogP contribution is 2.11. The maximum Gasteiger partial charge on any atom is 0.326 e. The van der Waals surface area contributed by atoms with Gasteiger partial charge in [0.1, 0.15) is 11.8 Å². The Morgan fingerprint density at radius 2 is 2.15 bits per heavy atom. The Bertz CT molecular complexity index is 450. The van der Waals surface area contributed by atoms with Gasteiger partial charge in [-0.25, -0.2) is 4.79 Å². The van der Waals surface area contributed by atoms with E-state index in [0.29, 0.717) is 12.2 Å². The van der Waals surface area contributed by atoms with Crippen molar-refractivity contribution in [2.24, 2.45) is 5.92 Å². The van der Waals surface area contributed by atoms with Gasteiger partial charge >= 0.3 is 5.97 Å². The molecule has 0 radical (unpaired) electrons. The van der Waals surface area contributed by atoms with Gasteiger partial charge in [-0.05, 0) is 25.0 Å². The van der Waals surface area contributed by atoms with Crippen LogP contribution in [0.15, 0.2) is 24.5 Å². The standard InChI is InChI=1S/C14H20N2O4/c1-4-9(2)12(14(18)19)16-13(17)10(3)20-11-6-5-7-15-8-11/h5-10,12H,4H2,1-3H3,(H,16,17)(H,18,19)/t9-,10?,12-/m0/s1. The zero-order valence-electron chi connectivity index (χ0n) is 11.9. The molecule has 0 bridgehead atoms. The van der Waals surface area contributed by atoms with Crippen LogP contribution < -0.4 is 10.1 Å². The lowest BCUT2D eigenvalue weighted by Gasteiger charge is -2.22. The average Bonchev–Trinajstić information content (AvgIpc) is 2.44. The van der Waals surface area contributed by atoms with Gasteiger partial charge in [-0.1, -0.05) is 20.3 Å². The number of aromatic nitrogens is 1. The molecule has 6 heteroatoms. The molecule has 1 aromatic heterocycles. The first-order chi connectivity index (χ1) is 9.45. The van der Waals surface area contributed by atoms with Gasteiger partial charge in [-0.15, -0.1) is 0 Å². The number of rotatable bonds is 7. The van der Waals surface area contributed by atoms with Crippen LogP contribution in [0.25, 0.3) is 0 Å². The quantitative estimate of drug-likeness (QED) is 0.789. The van der Waals surface area contributed by atoms with Crippen molar-refractivity contribution < 1.29 is 19.4 Å². The lowest BCUT2D eigenvalue weighted by atomic mass is 9.99. The molecule has 1 unspecified atom stereocenters. The summed E-state index contributed by atoms with van der Waals surface area (Å²) in [7, 11) is 0. The molecule has 0 aliphatic carbocycles. The summed E-state index contributed by atoms with van der Waals surface area (Å²) >= 11 is 0. The van der Waals surface area contributed by atoms with Gasteiger partial charge in [-0.3, -0.25) is 9.78 Å². The molecule has 110 valence electrons. The van der Waals surface area contributed by atoms with Crippen LogP contribution >= 0.6 is 0 Å². The van der Waals surface area contributed by atoms with Crippen molar-refractivity contribution in [3.8, 4) is 5.75 Å². The maximum atomic E-state index is 12.0. The third-order valence-corrected chi connectivity index (χ3v) is 3.09. The minimum atomic E-state index is -1.04. The van der Waals surface area contributed by atoms with Gasteiger partial charge in [0, 0.05) is 6.20 Å². The van der Waals surface area contributed by atoms with E-state index in [0.717, 1.165) is 0 Å². The van der Waals surface area contributed by atoms with Crippen LogP contribution in [0.5, 0.6) is 5.75 Å². The molecule has 0 saturated carbocycles. The molecule has 0 aliphatic rings. The fourth-order valence-corrected chi connectivity index (χ4v) is 1.63. The van der Waals surface area contributed by atoms with Gasteiger partial charge in [0.15, 0.2) is 6.10 Å². The maximum absolute atomic E-state index is 12.0. The van der Waals surface area contributed by atoms with Gasteiger partial charge < -0.3 is 15.2 Å². The molecular weight excluding hydrogens is 260 g/mol. The number of carbonyl (C=O) groups excluding carboxylic acids is 1. The van der Waals surface area contributed by atoms with E-state index >= 15 is 0 Å². The number of amides is 1. The van der Waals surface area contributed by atoms with Crippen molar-refractivity contribution in [2.45, 2.75) is 39.3 Å². The number of carboxylic acids is 1. The predicted molar refractivity (Wildman–Crippen MR) is 73.3 cm³/mol. The van der Waals surface area contributed by atoms with E-state index in [2.05, 4.69) is 10.3 Å². The molecule has 0 aliphatic heterocycles. The summed E-state index contributed by atoms with van der Waals surface area (Å²) in [4.78, 5) is 27.0. The summed E-state index contributed by atoms with van der Waals surface area (Å²) < 4.78 is 5.40. The average molecular weight is 280 g/mol. The van der Waals surface area contributed by atoms with Gasteiger partial charge in [0.25, 0.3) is 5.91 Å². The first kappa shape index (κ1) is 15.9. The molecule has 1 aromatic rings. The first-order valence-electron chi connectivity index (χ1n) is 6.55. The number of nitrogens with one attached hydrogen (secondary N) is 1. The molecule has 0 fully saturated rings. The van der Waals surface area contributed by atoms with Crippen molar-refractivity contribution in [3.05, 3.63) is 24.5 Å². The Hall–Kier alpha value is -2.11. The first-order valence-corrected chi connectivity index (χ1v) is 6.55. The number of carboxylic acid groups (broad SMARTS) is 1. The van der Waals surface area contributed by atoms with E-state index in [1.165, 1.54) is 6.20 Å². The van der Waals surface area contributed by atoms with E-state index in [1.54, 1.807) is 32.2 Å². The normalized spacial score (nSPS) is 14.9. The van der Waals surface area contributed by atoms with E-state index in [1.807, 2.05) is 6.92 Å². The number of ether oxygens (including phenoxy) is 1. The second-order valence-electron chi connectivity index (χ2n) is 4.66. The van der Waals surface area contributed by atoms with E-state index in [4.69, 9.17) is 9.84 Å². The van der Waals surface area contributed by atoms with Gasteiger partial charge in [-0.2, -0.15) is 0 Å². The summed E-state index contributed by atoms with van der Waals surface area (Å²) in [5, 5.41) is 11.6. The molecule has 2 N–H and O–H groups in total. The highest BCUT2D eigenvalue weighted by atomic mass is 16.5. The molecule has 0 aromatic carbocycles. The van der Waals surface area contributed by atoms with Crippen LogP contribution in [-0.4, -0.2) is 34.1 Å². The van der Waals surface area contributed by atoms with Crippen molar-refractivity contribution in [3.63, 3.8) is 0 Å². The number of hydrogen-bond acceptors (Lipinski definition) is 4. The minimum Gasteiger partial charge on any atom is -0.480 e. The SMILES string of the molecule is CC[C@H](C)[C@H](NC(=O)C(C)Oc1cccnc1)C(=O)O.